The van der Waals surface area contributed by atoms with Crippen molar-refractivity contribution in [2.24, 2.45) is 0 Å². The minimum atomic E-state index is -3.97. The molecule has 0 amide bonds. The third kappa shape index (κ3) is 3.25. The zero-order valence-corrected chi connectivity index (χ0v) is 15.4. The first-order chi connectivity index (χ1) is 12.3. The molecule has 0 aliphatic carbocycles. The summed E-state index contributed by atoms with van der Waals surface area (Å²) in [5.41, 5.74) is 0.0314. The van der Waals surface area contributed by atoms with Crippen LogP contribution in [0.15, 0.2) is 59.5 Å². The second-order valence-corrected chi connectivity index (χ2v) is 8.39. The molecule has 1 saturated heterocycles. The maximum Gasteiger partial charge on any atom is 0.324 e. The summed E-state index contributed by atoms with van der Waals surface area (Å²) in [6.07, 6.45) is -0.0607. The Morgan fingerprint density at radius 1 is 1.15 bits per heavy atom. The van der Waals surface area contributed by atoms with E-state index in [9.17, 15) is 18.3 Å². The van der Waals surface area contributed by atoms with Gasteiger partial charge in [0, 0.05) is 13.0 Å². The molecule has 1 fully saturated rings. The number of carbonyl (C=O) groups is 1. The zero-order valence-electron chi connectivity index (χ0n) is 14.6. The number of rotatable bonds is 4. The van der Waals surface area contributed by atoms with Crippen molar-refractivity contribution in [2.75, 3.05) is 13.7 Å². The van der Waals surface area contributed by atoms with E-state index >= 15 is 0 Å². The Hall–Kier alpha value is -2.22. The van der Waals surface area contributed by atoms with Crippen molar-refractivity contribution in [3.05, 3.63) is 65.7 Å². The highest BCUT2D eigenvalue weighted by atomic mass is 32.2. The van der Waals surface area contributed by atoms with E-state index in [1.165, 1.54) is 19.2 Å². The van der Waals surface area contributed by atoms with Crippen LogP contribution in [-0.4, -0.2) is 43.5 Å². The van der Waals surface area contributed by atoms with Gasteiger partial charge in [-0.05, 0) is 24.6 Å². The van der Waals surface area contributed by atoms with Gasteiger partial charge in [0.15, 0.2) is 0 Å². The van der Waals surface area contributed by atoms with E-state index in [1.807, 2.05) is 6.92 Å². The van der Waals surface area contributed by atoms with Crippen LogP contribution in [0, 0.1) is 6.92 Å². The fourth-order valence-corrected chi connectivity index (χ4v) is 4.88. The molecule has 6 nitrogen and oxygen atoms in total. The first-order valence-corrected chi connectivity index (χ1v) is 9.66. The van der Waals surface area contributed by atoms with Crippen LogP contribution >= 0.6 is 0 Å². The van der Waals surface area contributed by atoms with E-state index in [1.54, 1.807) is 42.5 Å². The van der Waals surface area contributed by atoms with Gasteiger partial charge in [0.05, 0.1) is 12.0 Å². The van der Waals surface area contributed by atoms with Crippen LogP contribution in [0.3, 0.4) is 0 Å². The van der Waals surface area contributed by atoms with Crippen molar-refractivity contribution >= 4 is 16.0 Å². The lowest BCUT2D eigenvalue weighted by Crippen LogP contribution is -2.41. The molecule has 0 bridgehead atoms. The average molecular weight is 375 g/mol. The van der Waals surface area contributed by atoms with E-state index in [2.05, 4.69) is 0 Å². The second kappa shape index (κ2) is 6.83. The van der Waals surface area contributed by atoms with Crippen molar-refractivity contribution < 1.29 is 23.1 Å². The normalized spacial score (nSPS) is 23.7. The van der Waals surface area contributed by atoms with Gasteiger partial charge < -0.3 is 9.84 Å². The fourth-order valence-electron chi connectivity index (χ4n) is 3.25. The summed E-state index contributed by atoms with van der Waals surface area (Å²) in [7, 11) is -2.76. The molecule has 0 unspecified atom stereocenters. The van der Waals surface area contributed by atoms with Crippen molar-refractivity contribution in [3.63, 3.8) is 0 Å². The molecule has 26 heavy (non-hydrogen) atoms. The Labute approximate surface area is 153 Å². The quantitative estimate of drug-likeness (QED) is 0.824. The summed E-state index contributed by atoms with van der Waals surface area (Å²) >= 11 is 0. The minimum Gasteiger partial charge on any atom is -0.468 e. The van der Waals surface area contributed by atoms with Crippen molar-refractivity contribution in [3.8, 4) is 0 Å². The molecule has 2 aromatic rings. The van der Waals surface area contributed by atoms with E-state index in [4.69, 9.17) is 4.74 Å². The summed E-state index contributed by atoms with van der Waals surface area (Å²) in [6, 6.07) is 14.1. The van der Waals surface area contributed by atoms with Gasteiger partial charge in [-0.3, -0.25) is 4.79 Å². The number of aryl methyl sites for hydroxylation is 1. The number of aliphatic hydroxyl groups is 1. The lowest BCUT2D eigenvalue weighted by Gasteiger charge is -2.24. The molecule has 0 saturated carbocycles. The van der Waals surface area contributed by atoms with Crippen molar-refractivity contribution in [1.29, 1.82) is 0 Å². The van der Waals surface area contributed by atoms with Crippen LogP contribution in [0.25, 0.3) is 0 Å². The number of carbonyl (C=O) groups excluding carboxylic acids is 1. The molecule has 7 heteroatoms. The lowest BCUT2D eigenvalue weighted by atomic mass is 9.91. The Bertz CT molecular complexity index is 895. The average Bonchev–Trinajstić information content (AvgIpc) is 3.02. The largest absolute Gasteiger partial charge is 0.468 e. The SMILES string of the molecule is COC(=O)[C@@H]1C[C@@](O)(c2ccccc2)CN1S(=O)(=O)c1ccc(C)cc1. The van der Waals surface area contributed by atoms with Crippen LogP contribution in [-0.2, 0) is 25.2 Å². The second-order valence-electron chi connectivity index (χ2n) is 6.50. The highest BCUT2D eigenvalue weighted by Crippen LogP contribution is 2.39. The molecule has 1 N–H and O–H groups in total. The molecular formula is C19H21NO5S. The number of methoxy groups -OCH3 is 1. The highest BCUT2D eigenvalue weighted by molar-refractivity contribution is 7.89. The number of ether oxygens (including phenoxy) is 1. The highest BCUT2D eigenvalue weighted by Gasteiger charge is 2.52. The number of benzene rings is 2. The molecule has 1 aliphatic rings. The third-order valence-electron chi connectivity index (χ3n) is 4.71. The molecule has 138 valence electrons. The molecular weight excluding hydrogens is 354 g/mol. The molecule has 3 rings (SSSR count). The Balaban J connectivity index is 2.03. The third-order valence-corrected chi connectivity index (χ3v) is 6.58. The van der Waals surface area contributed by atoms with E-state index < -0.39 is 27.6 Å². The van der Waals surface area contributed by atoms with Gasteiger partial charge in [0.2, 0.25) is 10.0 Å². The standard InChI is InChI=1S/C19H21NO5S/c1-14-8-10-16(11-9-14)26(23,24)20-13-19(22,12-17(20)18(21)25-2)15-6-4-3-5-7-15/h3-11,17,22H,12-13H2,1-2H3/t17-,19-/m0/s1. The summed E-state index contributed by atoms with van der Waals surface area (Å²) in [5.74, 6) is -0.687. The molecule has 0 radical (unpaired) electrons. The van der Waals surface area contributed by atoms with E-state index in [0.29, 0.717) is 5.56 Å². The van der Waals surface area contributed by atoms with Crippen molar-refractivity contribution in [1.82, 2.24) is 4.31 Å². The molecule has 0 aromatic heterocycles. The molecule has 1 aliphatic heterocycles. The number of sulfonamides is 1. The summed E-state index contributed by atoms with van der Waals surface area (Å²) in [4.78, 5) is 12.3. The lowest BCUT2D eigenvalue weighted by molar-refractivity contribution is -0.144. The summed E-state index contributed by atoms with van der Waals surface area (Å²) in [6.45, 7) is 1.64. The monoisotopic (exact) mass is 375 g/mol. The Morgan fingerprint density at radius 2 is 1.77 bits per heavy atom. The predicted molar refractivity (Wildman–Crippen MR) is 95.8 cm³/mol. The number of nitrogens with zero attached hydrogens (tertiary/aromatic N) is 1. The first-order valence-electron chi connectivity index (χ1n) is 8.22. The number of hydrogen-bond donors (Lipinski definition) is 1. The number of β-amino-alcohol motifs (C(OH)–C–C–N with tert-alkyl or cyclic N) is 1. The van der Waals surface area contributed by atoms with Gasteiger partial charge in [0.25, 0.3) is 0 Å². The van der Waals surface area contributed by atoms with Gasteiger partial charge in [-0.15, -0.1) is 0 Å². The smallest absolute Gasteiger partial charge is 0.324 e. The maximum absolute atomic E-state index is 13.1. The predicted octanol–water partition coefficient (Wildman–Crippen LogP) is 1.82. The topological polar surface area (TPSA) is 83.9 Å². The molecule has 2 aromatic carbocycles. The van der Waals surface area contributed by atoms with E-state index in [0.717, 1.165) is 9.87 Å². The molecule has 2 atom stereocenters. The maximum atomic E-state index is 13.1. The number of hydrogen-bond acceptors (Lipinski definition) is 5. The van der Waals surface area contributed by atoms with Gasteiger partial charge in [-0.2, -0.15) is 4.31 Å². The molecule has 0 spiro atoms. The van der Waals surface area contributed by atoms with Crippen molar-refractivity contribution in [2.45, 2.75) is 29.9 Å². The Kier molecular flexibility index (Phi) is 4.88. The first kappa shape index (κ1) is 18.6. The van der Waals surface area contributed by atoms with Gasteiger partial charge in [-0.1, -0.05) is 48.0 Å². The van der Waals surface area contributed by atoms with Crippen LogP contribution in [0.2, 0.25) is 0 Å². The molecule has 1 heterocycles. The summed E-state index contributed by atoms with van der Waals surface area (Å²) in [5, 5.41) is 11.1. The van der Waals surface area contributed by atoms with Crippen LogP contribution < -0.4 is 0 Å². The number of esters is 1. The summed E-state index contributed by atoms with van der Waals surface area (Å²) < 4.78 is 32.0. The zero-order chi connectivity index (χ0) is 18.9. The van der Waals surface area contributed by atoms with Gasteiger partial charge in [0.1, 0.15) is 11.6 Å². The Morgan fingerprint density at radius 3 is 2.35 bits per heavy atom. The van der Waals surface area contributed by atoms with Gasteiger partial charge in [-0.25, -0.2) is 8.42 Å². The van der Waals surface area contributed by atoms with Crippen LogP contribution in [0.4, 0.5) is 0 Å². The minimum absolute atomic E-state index is 0.0607. The fraction of sp³-hybridized carbons (Fsp3) is 0.316. The van der Waals surface area contributed by atoms with Gasteiger partial charge >= 0.3 is 5.97 Å². The van der Waals surface area contributed by atoms with Crippen LogP contribution in [0.1, 0.15) is 17.5 Å². The van der Waals surface area contributed by atoms with E-state index in [-0.39, 0.29) is 17.9 Å². The van der Waals surface area contributed by atoms with Crippen LogP contribution in [0.5, 0.6) is 0 Å².